The first kappa shape index (κ1) is 9.85. The molecule has 1 N–H and O–H groups in total. The van der Waals surface area contributed by atoms with Crippen LogP contribution in [0.1, 0.15) is 16.8 Å². The van der Waals surface area contributed by atoms with Crippen molar-refractivity contribution in [2.75, 3.05) is 13.6 Å². The Morgan fingerprint density at radius 2 is 2.19 bits per heavy atom. The van der Waals surface area contributed by atoms with E-state index in [1.54, 1.807) is 6.07 Å². The zero-order chi connectivity index (χ0) is 11.3. The molecule has 84 valence electrons. The molecule has 0 unspecified atom stereocenters. The third-order valence-corrected chi connectivity index (χ3v) is 3.45. The number of halogens is 1. The van der Waals surface area contributed by atoms with Crippen molar-refractivity contribution in [3.63, 3.8) is 0 Å². The SMILES string of the molecule is Cc1cc2c3c([nH]c2cc1F)CN(C)CC3. The maximum absolute atomic E-state index is 13.5. The molecule has 0 bridgehead atoms. The maximum Gasteiger partial charge on any atom is 0.128 e. The van der Waals surface area contributed by atoms with Crippen LogP contribution in [0.15, 0.2) is 12.1 Å². The van der Waals surface area contributed by atoms with Crippen molar-refractivity contribution in [2.24, 2.45) is 0 Å². The maximum atomic E-state index is 13.5. The summed E-state index contributed by atoms with van der Waals surface area (Å²) >= 11 is 0. The molecule has 3 rings (SSSR count). The first-order chi connectivity index (χ1) is 7.65. The van der Waals surface area contributed by atoms with E-state index in [0.717, 1.165) is 30.6 Å². The van der Waals surface area contributed by atoms with Crippen LogP contribution < -0.4 is 0 Å². The molecule has 0 amide bonds. The van der Waals surface area contributed by atoms with Gasteiger partial charge in [0.15, 0.2) is 0 Å². The zero-order valence-electron chi connectivity index (χ0n) is 9.60. The number of fused-ring (bicyclic) bond motifs is 3. The van der Waals surface area contributed by atoms with Crippen molar-refractivity contribution >= 4 is 10.9 Å². The van der Waals surface area contributed by atoms with Crippen LogP contribution in [0.4, 0.5) is 4.39 Å². The van der Waals surface area contributed by atoms with E-state index in [1.807, 2.05) is 13.0 Å². The summed E-state index contributed by atoms with van der Waals surface area (Å²) in [6, 6.07) is 3.58. The highest BCUT2D eigenvalue weighted by Crippen LogP contribution is 2.28. The average molecular weight is 218 g/mol. The standard InChI is InChI=1S/C13H15FN2/c1-8-5-10-9-3-4-16(2)7-13(9)15-12(10)6-11(8)14/h5-6,15H,3-4,7H2,1-2H3. The van der Waals surface area contributed by atoms with E-state index in [0.29, 0.717) is 0 Å². The summed E-state index contributed by atoms with van der Waals surface area (Å²) < 4.78 is 13.5. The molecule has 16 heavy (non-hydrogen) atoms. The number of benzene rings is 1. The quantitative estimate of drug-likeness (QED) is 0.720. The van der Waals surface area contributed by atoms with E-state index in [2.05, 4.69) is 16.9 Å². The highest BCUT2D eigenvalue weighted by Gasteiger charge is 2.18. The molecule has 2 aromatic rings. The second kappa shape index (κ2) is 3.32. The van der Waals surface area contributed by atoms with E-state index >= 15 is 0 Å². The van der Waals surface area contributed by atoms with Crippen LogP contribution in [0.5, 0.6) is 0 Å². The molecule has 0 saturated carbocycles. The minimum Gasteiger partial charge on any atom is -0.357 e. The van der Waals surface area contributed by atoms with E-state index in [9.17, 15) is 4.39 Å². The van der Waals surface area contributed by atoms with Gasteiger partial charge in [0.05, 0.1) is 0 Å². The largest absolute Gasteiger partial charge is 0.357 e. The highest BCUT2D eigenvalue weighted by atomic mass is 19.1. The number of nitrogens with zero attached hydrogens (tertiary/aromatic N) is 1. The molecule has 0 fully saturated rings. The van der Waals surface area contributed by atoms with Crippen molar-refractivity contribution in [1.29, 1.82) is 0 Å². The Hall–Kier alpha value is -1.35. The Labute approximate surface area is 94.1 Å². The van der Waals surface area contributed by atoms with E-state index < -0.39 is 0 Å². The van der Waals surface area contributed by atoms with Gasteiger partial charge in [-0.3, -0.25) is 0 Å². The van der Waals surface area contributed by atoms with Gasteiger partial charge >= 0.3 is 0 Å². The van der Waals surface area contributed by atoms with Crippen LogP contribution in [-0.4, -0.2) is 23.5 Å². The Bertz CT molecular complexity index is 557. The molecular weight excluding hydrogens is 203 g/mol. The van der Waals surface area contributed by atoms with Crippen LogP contribution >= 0.6 is 0 Å². The predicted molar refractivity (Wildman–Crippen MR) is 63.0 cm³/mol. The Balaban J connectivity index is 2.25. The Morgan fingerprint density at radius 3 is 3.00 bits per heavy atom. The van der Waals surface area contributed by atoms with Gasteiger partial charge in [-0.2, -0.15) is 0 Å². The number of aromatic amines is 1. The first-order valence-electron chi connectivity index (χ1n) is 5.63. The molecule has 0 atom stereocenters. The van der Waals surface area contributed by atoms with Gasteiger partial charge < -0.3 is 9.88 Å². The molecule has 0 saturated heterocycles. The molecule has 2 heterocycles. The lowest BCUT2D eigenvalue weighted by atomic mass is 10.0. The zero-order valence-corrected chi connectivity index (χ0v) is 9.60. The van der Waals surface area contributed by atoms with Crippen LogP contribution in [-0.2, 0) is 13.0 Å². The van der Waals surface area contributed by atoms with Gasteiger partial charge in [0.25, 0.3) is 0 Å². The number of aromatic nitrogens is 1. The lowest BCUT2D eigenvalue weighted by molar-refractivity contribution is 0.310. The van der Waals surface area contributed by atoms with Crippen molar-refractivity contribution in [3.05, 3.63) is 34.8 Å². The van der Waals surface area contributed by atoms with E-state index in [4.69, 9.17) is 0 Å². The minimum absolute atomic E-state index is 0.126. The number of likely N-dealkylation sites (N-methyl/N-ethyl adjacent to an activating group) is 1. The summed E-state index contributed by atoms with van der Waals surface area (Å²) in [5.74, 6) is -0.126. The number of hydrogen-bond donors (Lipinski definition) is 1. The topological polar surface area (TPSA) is 19.0 Å². The summed E-state index contributed by atoms with van der Waals surface area (Å²) in [6.45, 7) is 3.84. The fourth-order valence-electron chi connectivity index (χ4n) is 2.51. The highest BCUT2D eigenvalue weighted by molar-refractivity contribution is 5.85. The lowest BCUT2D eigenvalue weighted by Gasteiger charge is -2.22. The first-order valence-corrected chi connectivity index (χ1v) is 5.63. The summed E-state index contributed by atoms with van der Waals surface area (Å²) in [5.41, 5.74) is 4.28. The van der Waals surface area contributed by atoms with Crippen LogP contribution in [0.2, 0.25) is 0 Å². The fraction of sp³-hybridized carbons (Fsp3) is 0.385. The number of aryl methyl sites for hydroxylation is 1. The van der Waals surface area contributed by atoms with Crippen LogP contribution in [0.25, 0.3) is 10.9 Å². The van der Waals surface area contributed by atoms with Gasteiger partial charge in [0, 0.05) is 29.7 Å². The van der Waals surface area contributed by atoms with Crippen molar-refractivity contribution in [2.45, 2.75) is 19.9 Å². The van der Waals surface area contributed by atoms with E-state index in [1.165, 1.54) is 16.6 Å². The lowest BCUT2D eigenvalue weighted by Crippen LogP contribution is -2.26. The normalized spacial score (nSPS) is 16.7. The smallest absolute Gasteiger partial charge is 0.128 e. The third kappa shape index (κ3) is 1.35. The second-order valence-corrected chi connectivity index (χ2v) is 4.72. The van der Waals surface area contributed by atoms with Crippen LogP contribution in [0, 0.1) is 12.7 Å². The average Bonchev–Trinajstić information content (AvgIpc) is 2.55. The van der Waals surface area contributed by atoms with Gasteiger partial charge in [-0.25, -0.2) is 4.39 Å². The monoisotopic (exact) mass is 218 g/mol. The Morgan fingerprint density at radius 1 is 1.38 bits per heavy atom. The van der Waals surface area contributed by atoms with Crippen molar-refractivity contribution in [1.82, 2.24) is 9.88 Å². The molecule has 1 aromatic heterocycles. The number of nitrogens with one attached hydrogen (secondary N) is 1. The van der Waals surface area contributed by atoms with Gasteiger partial charge in [-0.1, -0.05) is 0 Å². The van der Waals surface area contributed by atoms with Gasteiger partial charge in [0.2, 0.25) is 0 Å². The van der Waals surface area contributed by atoms with Gasteiger partial charge in [-0.05, 0) is 43.7 Å². The number of hydrogen-bond acceptors (Lipinski definition) is 1. The molecule has 1 aliphatic heterocycles. The summed E-state index contributed by atoms with van der Waals surface area (Å²) in [7, 11) is 2.11. The molecule has 0 radical (unpaired) electrons. The molecule has 2 nitrogen and oxygen atoms in total. The van der Waals surface area contributed by atoms with Gasteiger partial charge in [-0.15, -0.1) is 0 Å². The third-order valence-electron chi connectivity index (χ3n) is 3.45. The second-order valence-electron chi connectivity index (χ2n) is 4.72. The summed E-state index contributed by atoms with van der Waals surface area (Å²) in [6.07, 6.45) is 1.05. The number of H-pyrrole nitrogens is 1. The fourth-order valence-corrected chi connectivity index (χ4v) is 2.51. The molecule has 0 aliphatic carbocycles. The van der Waals surface area contributed by atoms with E-state index in [-0.39, 0.29) is 5.82 Å². The van der Waals surface area contributed by atoms with Crippen molar-refractivity contribution < 1.29 is 4.39 Å². The Kier molecular flexibility index (Phi) is 2.04. The predicted octanol–water partition coefficient (Wildman–Crippen LogP) is 2.60. The molecule has 3 heteroatoms. The molecular formula is C13H15FN2. The van der Waals surface area contributed by atoms with Crippen LogP contribution in [0.3, 0.4) is 0 Å². The minimum atomic E-state index is -0.126. The van der Waals surface area contributed by atoms with Crippen molar-refractivity contribution in [3.8, 4) is 0 Å². The number of rotatable bonds is 0. The molecule has 1 aliphatic rings. The summed E-state index contributed by atoms with van der Waals surface area (Å²) in [5, 5.41) is 1.20. The molecule has 0 spiro atoms. The summed E-state index contributed by atoms with van der Waals surface area (Å²) in [4.78, 5) is 5.61. The molecule has 1 aromatic carbocycles. The van der Waals surface area contributed by atoms with Gasteiger partial charge in [0.1, 0.15) is 5.82 Å².